The fourth-order valence-electron chi connectivity index (χ4n) is 1.54. The van der Waals surface area contributed by atoms with Crippen molar-refractivity contribution in [2.75, 3.05) is 0 Å². The third kappa shape index (κ3) is 2.68. The van der Waals surface area contributed by atoms with Crippen LogP contribution in [0.5, 0.6) is 0 Å². The molecule has 0 amide bonds. The lowest BCUT2D eigenvalue weighted by Crippen LogP contribution is -2.17. The van der Waals surface area contributed by atoms with Gasteiger partial charge in [0.15, 0.2) is 0 Å². The molecule has 0 aliphatic heterocycles. The van der Waals surface area contributed by atoms with E-state index >= 15 is 0 Å². The van der Waals surface area contributed by atoms with Gasteiger partial charge in [0.05, 0.1) is 6.54 Å². The molecule has 0 spiro atoms. The van der Waals surface area contributed by atoms with E-state index < -0.39 is 0 Å². The Labute approximate surface area is 99.3 Å². The number of hydrogen-bond donors (Lipinski definition) is 1. The first kappa shape index (κ1) is 11.3. The lowest BCUT2D eigenvalue weighted by atomic mass is 10.4. The second kappa shape index (κ2) is 5.23. The van der Waals surface area contributed by atoms with Crippen LogP contribution in [0.1, 0.15) is 30.6 Å². The molecule has 2 aromatic rings. The first-order chi connectivity index (χ1) is 7.77. The van der Waals surface area contributed by atoms with Crippen LogP contribution in [-0.2, 0) is 13.1 Å². The summed E-state index contributed by atoms with van der Waals surface area (Å²) >= 11 is 1.77. The second-order valence-electron chi connectivity index (χ2n) is 3.90. The van der Waals surface area contributed by atoms with E-state index in [0.717, 1.165) is 18.9 Å². The highest BCUT2D eigenvalue weighted by atomic mass is 32.1. The average Bonchev–Trinajstić information content (AvgIpc) is 2.87. The normalized spacial score (nSPS) is 11.2. The molecule has 0 radical (unpaired) electrons. The van der Waals surface area contributed by atoms with Crippen molar-refractivity contribution in [3.63, 3.8) is 0 Å². The number of thiophene rings is 1. The molecule has 0 bridgehead atoms. The van der Waals surface area contributed by atoms with Crippen LogP contribution < -0.4 is 5.32 Å². The SMILES string of the molecule is CC(C)n1ncnc1CNCc1cccs1. The van der Waals surface area contributed by atoms with Crippen molar-refractivity contribution >= 4 is 11.3 Å². The number of nitrogens with one attached hydrogen (secondary N) is 1. The number of nitrogens with zero attached hydrogens (tertiary/aromatic N) is 3. The molecular weight excluding hydrogens is 220 g/mol. The summed E-state index contributed by atoms with van der Waals surface area (Å²) in [6, 6.07) is 4.56. The fraction of sp³-hybridized carbons (Fsp3) is 0.455. The van der Waals surface area contributed by atoms with Crippen molar-refractivity contribution in [2.45, 2.75) is 33.0 Å². The molecule has 2 rings (SSSR count). The largest absolute Gasteiger partial charge is 0.305 e. The minimum absolute atomic E-state index is 0.362. The Morgan fingerprint density at radius 1 is 1.44 bits per heavy atom. The highest BCUT2D eigenvalue weighted by Gasteiger charge is 2.06. The summed E-state index contributed by atoms with van der Waals surface area (Å²) in [5.41, 5.74) is 0. The Morgan fingerprint density at radius 3 is 3.00 bits per heavy atom. The topological polar surface area (TPSA) is 42.7 Å². The van der Waals surface area contributed by atoms with Gasteiger partial charge in [-0.05, 0) is 25.3 Å². The maximum atomic E-state index is 4.25. The molecule has 0 atom stereocenters. The minimum atomic E-state index is 0.362. The molecule has 5 heteroatoms. The molecular formula is C11H16N4S. The van der Waals surface area contributed by atoms with E-state index in [1.165, 1.54) is 4.88 Å². The number of aromatic nitrogens is 3. The maximum Gasteiger partial charge on any atom is 0.141 e. The van der Waals surface area contributed by atoms with Crippen LogP contribution in [0, 0.1) is 0 Å². The van der Waals surface area contributed by atoms with E-state index in [9.17, 15) is 0 Å². The van der Waals surface area contributed by atoms with E-state index in [4.69, 9.17) is 0 Å². The molecule has 2 heterocycles. The molecule has 0 saturated carbocycles. The van der Waals surface area contributed by atoms with Crippen molar-refractivity contribution in [3.8, 4) is 0 Å². The van der Waals surface area contributed by atoms with Gasteiger partial charge < -0.3 is 5.32 Å². The van der Waals surface area contributed by atoms with Gasteiger partial charge in [0.1, 0.15) is 12.2 Å². The van der Waals surface area contributed by atoms with Crippen molar-refractivity contribution in [1.82, 2.24) is 20.1 Å². The molecule has 86 valence electrons. The van der Waals surface area contributed by atoms with Crippen LogP contribution in [0.15, 0.2) is 23.8 Å². The monoisotopic (exact) mass is 236 g/mol. The van der Waals surface area contributed by atoms with Crippen LogP contribution in [0.4, 0.5) is 0 Å². The fourth-order valence-corrected chi connectivity index (χ4v) is 2.22. The summed E-state index contributed by atoms with van der Waals surface area (Å²) in [4.78, 5) is 5.59. The van der Waals surface area contributed by atoms with Gasteiger partial charge >= 0.3 is 0 Å². The summed E-state index contributed by atoms with van der Waals surface area (Å²) in [7, 11) is 0. The van der Waals surface area contributed by atoms with Gasteiger partial charge in [-0.1, -0.05) is 6.07 Å². The Kier molecular flexibility index (Phi) is 3.69. The smallest absolute Gasteiger partial charge is 0.141 e. The molecule has 0 saturated heterocycles. The average molecular weight is 236 g/mol. The van der Waals surface area contributed by atoms with Gasteiger partial charge in [0, 0.05) is 17.5 Å². The quantitative estimate of drug-likeness (QED) is 0.865. The molecule has 0 aliphatic rings. The van der Waals surface area contributed by atoms with Gasteiger partial charge in [-0.15, -0.1) is 11.3 Å². The summed E-state index contributed by atoms with van der Waals surface area (Å²) < 4.78 is 1.95. The minimum Gasteiger partial charge on any atom is -0.305 e. The maximum absolute atomic E-state index is 4.25. The predicted octanol–water partition coefficient (Wildman–Crippen LogP) is 2.21. The lowest BCUT2D eigenvalue weighted by molar-refractivity contribution is 0.490. The van der Waals surface area contributed by atoms with Crippen molar-refractivity contribution in [1.29, 1.82) is 0 Å². The van der Waals surface area contributed by atoms with Crippen molar-refractivity contribution in [2.24, 2.45) is 0 Å². The molecule has 0 aromatic carbocycles. The van der Waals surface area contributed by atoms with Crippen LogP contribution >= 0.6 is 11.3 Å². The second-order valence-corrected chi connectivity index (χ2v) is 4.93. The van der Waals surface area contributed by atoms with Crippen LogP contribution in [0.3, 0.4) is 0 Å². The molecule has 0 unspecified atom stereocenters. The molecule has 4 nitrogen and oxygen atoms in total. The predicted molar refractivity (Wildman–Crippen MR) is 65.3 cm³/mol. The zero-order valence-electron chi connectivity index (χ0n) is 9.55. The van der Waals surface area contributed by atoms with Crippen LogP contribution in [0.2, 0.25) is 0 Å². The van der Waals surface area contributed by atoms with Gasteiger partial charge in [-0.25, -0.2) is 9.67 Å². The van der Waals surface area contributed by atoms with E-state index in [1.807, 2.05) is 4.68 Å². The third-order valence-corrected chi connectivity index (χ3v) is 3.18. The first-order valence-electron chi connectivity index (χ1n) is 5.39. The molecule has 0 aliphatic carbocycles. The Hall–Kier alpha value is -1.20. The Balaban J connectivity index is 1.87. The lowest BCUT2D eigenvalue weighted by Gasteiger charge is -2.09. The summed E-state index contributed by atoms with van der Waals surface area (Å²) in [6.45, 7) is 5.87. The summed E-state index contributed by atoms with van der Waals surface area (Å²) in [5.74, 6) is 0.992. The zero-order chi connectivity index (χ0) is 11.4. The van der Waals surface area contributed by atoms with E-state index in [-0.39, 0.29) is 0 Å². The Bertz CT molecular complexity index is 419. The highest BCUT2D eigenvalue weighted by Crippen LogP contribution is 2.08. The molecule has 1 N–H and O–H groups in total. The molecule has 0 fully saturated rings. The standard InChI is InChI=1S/C11H16N4S/c1-9(2)15-11(13-8-14-15)7-12-6-10-4-3-5-16-10/h3-5,8-9,12H,6-7H2,1-2H3. The molecule has 2 aromatic heterocycles. The third-order valence-electron chi connectivity index (χ3n) is 2.30. The molecule has 16 heavy (non-hydrogen) atoms. The number of rotatable bonds is 5. The van der Waals surface area contributed by atoms with Gasteiger partial charge in [-0.2, -0.15) is 5.10 Å². The summed E-state index contributed by atoms with van der Waals surface area (Å²) in [6.07, 6.45) is 1.61. The van der Waals surface area contributed by atoms with E-state index in [0.29, 0.717) is 6.04 Å². The van der Waals surface area contributed by atoms with Gasteiger partial charge in [0.2, 0.25) is 0 Å². The van der Waals surface area contributed by atoms with Gasteiger partial charge in [0.25, 0.3) is 0 Å². The van der Waals surface area contributed by atoms with Gasteiger partial charge in [-0.3, -0.25) is 0 Å². The van der Waals surface area contributed by atoms with Crippen LogP contribution in [-0.4, -0.2) is 14.8 Å². The first-order valence-corrected chi connectivity index (χ1v) is 6.27. The van der Waals surface area contributed by atoms with Crippen LogP contribution in [0.25, 0.3) is 0 Å². The summed E-state index contributed by atoms with van der Waals surface area (Å²) in [5, 5.41) is 9.66. The highest BCUT2D eigenvalue weighted by molar-refractivity contribution is 7.09. The Morgan fingerprint density at radius 2 is 2.31 bits per heavy atom. The zero-order valence-corrected chi connectivity index (χ0v) is 10.4. The van der Waals surface area contributed by atoms with E-state index in [1.54, 1.807) is 17.7 Å². The van der Waals surface area contributed by atoms with E-state index in [2.05, 4.69) is 46.8 Å². The van der Waals surface area contributed by atoms with Crippen molar-refractivity contribution in [3.05, 3.63) is 34.5 Å². The van der Waals surface area contributed by atoms with Crippen molar-refractivity contribution < 1.29 is 0 Å². The number of hydrogen-bond acceptors (Lipinski definition) is 4.